The van der Waals surface area contributed by atoms with Gasteiger partial charge < -0.3 is 16.0 Å². The zero-order chi connectivity index (χ0) is 17.0. The molecular weight excluding hydrogens is 357 g/mol. The van der Waals surface area contributed by atoms with Crippen LogP contribution in [0.3, 0.4) is 0 Å². The first-order valence-corrected chi connectivity index (χ1v) is 7.74. The Bertz CT molecular complexity index is 688. The predicted octanol–water partition coefficient (Wildman–Crippen LogP) is 3.85. The highest BCUT2D eigenvalue weighted by molar-refractivity contribution is 5.96. The number of benzene rings is 2. The molecule has 25 heavy (non-hydrogen) atoms. The molecule has 0 saturated heterocycles. The first-order chi connectivity index (χ1) is 10.9. The highest BCUT2D eigenvalue weighted by atomic mass is 35.5. The number of hydrogen-bond acceptors (Lipinski definition) is 3. The van der Waals surface area contributed by atoms with Gasteiger partial charge in [0.15, 0.2) is 0 Å². The van der Waals surface area contributed by atoms with E-state index in [2.05, 4.69) is 16.3 Å². The van der Waals surface area contributed by atoms with Gasteiger partial charge in [-0.05, 0) is 50.7 Å². The number of nitrogens with zero attached hydrogens (tertiary/aromatic N) is 1. The summed E-state index contributed by atoms with van der Waals surface area (Å²) >= 11 is 0. The molecule has 1 unspecified atom stereocenters. The van der Waals surface area contributed by atoms with Gasteiger partial charge in [0, 0.05) is 12.2 Å². The number of carbonyl (C=O) groups excluding carboxylic acids is 1. The molecular formula is C19H27Cl2N3O. The molecule has 2 aromatic rings. The lowest BCUT2D eigenvalue weighted by Crippen LogP contribution is -2.28. The summed E-state index contributed by atoms with van der Waals surface area (Å²) in [5, 5.41) is 2.95. The maximum absolute atomic E-state index is 12.4. The summed E-state index contributed by atoms with van der Waals surface area (Å²) in [6.45, 7) is 4.81. The molecule has 0 aromatic heterocycles. The number of amides is 1. The summed E-state index contributed by atoms with van der Waals surface area (Å²) in [7, 11) is 4.04. The third-order valence-electron chi connectivity index (χ3n) is 3.78. The van der Waals surface area contributed by atoms with Crippen LogP contribution < -0.4 is 11.1 Å². The van der Waals surface area contributed by atoms with Crippen LogP contribution in [0.2, 0.25) is 0 Å². The molecule has 0 aliphatic rings. The van der Waals surface area contributed by atoms with E-state index in [1.54, 1.807) is 0 Å². The Labute approximate surface area is 162 Å². The smallest absolute Gasteiger partial charge is 0.245 e. The van der Waals surface area contributed by atoms with Crippen molar-refractivity contribution in [3.63, 3.8) is 0 Å². The van der Waals surface area contributed by atoms with Crippen molar-refractivity contribution in [1.82, 2.24) is 4.90 Å². The molecule has 6 heteroatoms. The van der Waals surface area contributed by atoms with Gasteiger partial charge in [0.1, 0.15) is 6.04 Å². The predicted molar refractivity (Wildman–Crippen MR) is 110 cm³/mol. The third-order valence-corrected chi connectivity index (χ3v) is 3.78. The van der Waals surface area contributed by atoms with Crippen molar-refractivity contribution in [3.8, 4) is 0 Å². The van der Waals surface area contributed by atoms with Crippen LogP contribution in [0, 0.1) is 13.8 Å². The lowest BCUT2D eigenvalue weighted by molar-refractivity contribution is -0.117. The highest BCUT2D eigenvalue weighted by Crippen LogP contribution is 2.20. The maximum atomic E-state index is 12.4. The summed E-state index contributed by atoms with van der Waals surface area (Å²) in [5.41, 5.74) is 11.0. The second-order valence-corrected chi connectivity index (χ2v) is 6.26. The lowest BCUT2D eigenvalue weighted by Gasteiger charge is -2.16. The molecule has 3 N–H and O–H groups in total. The zero-order valence-electron chi connectivity index (χ0n) is 15.1. The summed E-state index contributed by atoms with van der Waals surface area (Å²) < 4.78 is 0. The van der Waals surface area contributed by atoms with Gasteiger partial charge in [0.05, 0.1) is 0 Å². The summed E-state index contributed by atoms with van der Waals surface area (Å²) in [4.78, 5) is 14.5. The molecule has 2 aromatic carbocycles. The van der Waals surface area contributed by atoms with Crippen molar-refractivity contribution in [1.29, 1.82) is 0 Å². The Morgan fingerprint density at radius 2 is 1.68 bits per heavy atom. The molecule has 1 amide bonds. The van der Waals surface area contributed by atoms with Gasteiger partial charge in [-0.15, -0.1) is 24.8 Å². The van der Waals surface area contributed by atoms with Crippen molar-refractivity contribution in [3.05, 3.63) is 64.7 Å². The second kappa shape index (κ2) is 10.4. The van der Waals surface area contributed by atoms with Crippen LogP contribution in [0.1, 0.15) is 28.3 Å². The molecule has 138 valence electrons. The van der Waals surface area contributed by atoms with Crippen LogP contribution in [-0.4, -0.2) is 24.9 Å². The van der Waals surface area contributed by atoms with E-state index in [0.29, 0.717) is 0 Å². The Kier molecular flexibility index (Phi) is 9.75. The highest BCUT2D eigenvalue weighted by Gasteiger charge is 2.16. The lowest BCUT2D eigenvalue weighted by atomic mass is 10.0. The Morgan fingerprint density at radius 1 is 1.08 bits per heavy atom. The van der Waals surface area contributed by atoms with Crippen LogP contribution in [0.15, 0.2) is 42.5 Å². The van der Waals surface area contributed by atoms with E-state index in [9.17, 15) is 4.79 Å². The average molecular weight is 384 g/mol. The largest absolute Gasteiger partial charge is 0.324 e. The Hall–Kier alpha value is -1.59. The Morgan fingerprint density at radius 3 is 2.24 bits per heavy atom. The Balaban J connectivity index is 0.00000288. The van der Waals surface area contributed by atoms with Crippen molar-refractivity contribution in [2.45, 2.75) is 26.4 Å². The van der Waals surface area contributed by atoms with E-state index in [0.717, 1.165) is 34.5 Å². The SMILES string of the molecule is Cc1ccc(C(N)C(=O)Nc2cc(CN(C)C)ccc2C)cc1.Cl.Cl. The van der Waals surface area contributed by atoms with E-state index in [4.69, 9.17) is 5.73 Å². The molecule has 0 heterocycles. The molecule has 0 spiro atoms. The van der Waals surface area contributed by atoms with Crippen LogP contribution in [0.25, 0.3) is 0 Å². The van der Waals surface area contributed by atoms with Gasteiger partial charge >= 0.3 is 0 Å². The van der Waals surface area contributed by atoms with Crippen molar-refractivity contribution in [2.75, 3.05) is 19.4 Å². The van der Waals surface area contributed by atoms with E-state index >= 15 is 0 Å². The van der Waals surface area contributed by atoms with Gasteiger partial charge in [0.25, 0.3) is 0 Å². The van der Waals surface area contributed by atoms with E-state index in [1.807, 2.05) is 64.3 Å². The van der Waals surface area contributed by atoms with Crippen LogP contribution in [0.5, 0.6) is 0 Å². The molecule has 1 atom stereocenters. The standard InChI is InChI=1S/C19H25N3O.2ClH/c1-13-5-9-16(10-6-13)18(20)19(23)21-17-11-15(12-22(3)4)8-7-14(17)2;;/h5-11,18H,12,20H2,1-4H3,(H,21,23);2*1H. The quantitative estimate of drug-likeness (QED) is 0.823. The number of nitrogens with two attached hydrogens (primary N) is 1. The molecule has 0 fully saturated rings. The molecule has 2 rings (SSSR count). The molecule has 0 bridgehead atoms. The van der Waals surface area contributed by atoms with Crippen LogP contribution >= 0.6 is 24.8 Å². The molecule has 0 radical (unpaired) electrons. The molecule has 4 nitrogen and oxygen atoms in total. The fraction of sp³-hybridized carbons (Fsp3) is 0.316. The minimum absolute atomic E-state index is 0. The zero-order valence-corrected chi connectivity index (χ0v) is 16.7. The minimum Gasteiger partial charge on any atom is -0.324 e. The van der Waals surface area contributed by atoms with Crippen molar-refractivity contribution in [2.24, 2.45) is 5.73 Å². The molecule has 0 saturated carbocycles. The monoisotopic (exact) mass is 383 g/mol. The van der Waals surface area contributed by atoms with Gasteiger partial charge in [-0.1, -0.05) is 42.0 Å². The summed E-state index contributed by atoms with van der Waals surface area (Å²) in [5.74, 6) is -0.195. The number of nitrogens with one attached hydrogen (secondary N) is 1. The maximum Gasteiger partial charge on any atom is 0.245 e. The van der Waals surface area contributed by atoms with Crippen LogP contribution in [0.4, 0.5) is 5.69 Å². The van der Waals surface area contributed by atoms with Gasteiger partial charge in [-0.2, -0.15) is 0 Å². The van der Waals surface area contributed by atoms with E-state index in [1.165, 1.54) is 0 Å². The number of aryl methyl sites for hydroxylation is 2. The van der Waals surface area contributed by atoms with Crippen molar-refractivity contribution < 1.29 is 4.79 Å². The fourth-order valence-corrected chi connectivity index (χ4v) is 2.40. The fourth-order valence-electron chi connectivity index (χ4n) is 2.40. The normalized spacial score (nSPS) is 11.3. The number of hydrogen-bond donors (Lipinski definition) is 2. The number of rotatable bonds is 5. The van der Waals surface area contributed by atoms with Gasteiger partial charge in [0.2, 0.25) is 5.91 Å². The molecule has 0 aliphatic heterocycles. The summed E-state index contributed by atoms with van der Waals surface area (Å²) in [6, 6.07) is 13.2. The first-order valence-electron chi connectivity index (χ1n) is 7.74. The average Bonchev–Trinajstić information content (AvgIpc) is 2.50. The van der Waals surface area contributed by atoms with Gasteiger partial charge in [-0.3, -0.25) is 4.79 Å². The second-order valence-electron chi connectivity index (χ2n) is 6.26. The number of halogens is 2. The number of anilines is 1. The van der Waals surface area contributed by atoms with Crippen molar-refractivity contribution >= 4 is 36.4 Å². The van der Waals surface area contributed by atoms with E-state index in [-0.39, 0.29) is 30.7 Å². The third kappa shape index (κ3) is 6.67. The summed E-state index contributed by atoms with van der Waals surface area (Å²) in [6.07, 6.45) is 0. The topological polar surface area (TPSA) is 58.4 Å². The molecule has 0 aliphatic carbocycles. The number of carbonyl (C=O) groups is 1. The van der Waals surface area contributed by atoms with E-state index < -0.39 is 6.04 Å². The minimum atomic E-state index is -0.674. The first kappa shape index (κ1) is 23.4. The van der Waals surface area contributed by atoms with Crippen LogP contribution in [-0.2, 0) is 11.3 Å². The van der Waals surface area contributed by atoms with Gasteiger partial charge in [-0.25, -0.2) is 0 Å².